The minimum atomic E-state index is -2.95. The second-order valence-corrected chi connectivity index (χ2v) is 23.3. The van der Waals surface area contributed by atoms with Crippen LogP contribution in [0, 0.1) is 0 Å². The fourth-order valence-corrected chi connectivity index (χ4v) is 23.3. The Balaban J connectivity index is 1.14. The van der Waals surface area contributed by atoms with Gasteiger partial charge in [0.25, 0.3) is 0 Å². The van der Waals surface area contributed by atoms with Crippen molar-refractivity contribution in [3.8, 4) is 34.3 Å². The summed E-state index contributed by atoms with van der Waals surface area (Å²) >= 11 is 3.62. The van der Waals surface area contributed by atoms with Gasteiger partial charge in [0, 0.05) is 43.0 Å². The SMILES string of the molecule is c1ccc2c(c1)Oc1ccccc1[Si]21c2ccccc2Oc2ncc(-c3ccc4c(c3)[Si]3(c5ccccc5Sc5ccccc53)c3cncnc3S4)cc21. The van der Waals surface area contributed by atoms with Crippen molar-refractivity contribution in [1.29, 1.82) is 0 Å². The Morgan fingerprint density at radius 2 is 0.944 bits per heavy atom. The Labute approximate surface area is 322 Å². The molecule has 0 N–H and O–H groups in total. The third-order valence-corrected chi connectivity index (χ3v) is 24.0. The summed E-state index contributed by atoms with van der Waals surface area (Å²) in [6.07, 6.45) is 5.77. The molecule has 9 heteroatoms. The summed E-state index contributed by atoms with van der Waals surface area (Å²) in [4.78, 5) is 18.6. The molecule has 0 saturated heterocycles. The molecule has 4 aliphatic heterocycles. The summed E-state index contributed by atoms with van der Waals surface area (Å²) in [5, 5.41) is 11.2. The van der Waals surface area contributed by atoms with Gasteiger partial charge in [0.05, 0.1) is 0 Å². The fraction of sp³-hybridized carbons (Fsp3) is 0. The van der Waals surface area contributed by atoms with Crippen LogP contribution >= 0.6 is 23.5 Å². The smallest absolute Gasteiger partial charge is 0.219 e. The lowest BCUT2D eigenvalue weighted by Crippen LogP contribution is -2.78. The molecule has 12 rings (SSSR count). The molecule has 6 heterocycles. The molecule has 0 amide bonds. The zero-order valence-electron chi connectivity index (χ0n) is 28.6. The van der Waals surface area contributed by atoms with Gasteiger partial charge in [-0.25, -0.2) is 15.0 Å². The molecule has 254 valence electrons. The number of aromatic nitrogens is 3. The lowest BCUT2D eigenvalue weighted by Gasteiger charge is -2.43. The van der Waals surface area contributed by atoms with E-state index >= 15 is 0 Å². The molecular formula is C45H27N3O2S2Si2. The second-order valence-electron chi connectivity index (χ2n) is 13.9. The van der Waals surface area contributed by atoms with Gasteiger partial charge in [0.2, 0.25) is 5.88 Å². The van der Waals surface area contributed by atoms with E-state index in [1.165, 1.54) is 51.0 Å². The van der Waals surface area contributed by atoms with Crippen molar-refractivity contribution >= 4 is 81.2 Å². The van der Waals surface area contributed by atoms with E-state index in [9.17, 15) is 0 Å². The largest absolute Gasteiger partial charge is 0.458 e. The number of pyridine rings is 1. The highest BCUT2D eigenvalue weighted by Gasteiger charge is 2.54. The maximum absolute atomic E-state index is 6.69. The van der Waals surface area contributed by atoms with Gasteiger partial charge in [-0.2, -0.15) is 0 Å². The Morgan fingerprint density at radius 1 is 0.407 bits per heavy atom. The molecule has 0 unspecified atom stereocenters. The van der Waals surface area contributed by atoms with E-state index in [1.807, 2.05) is 24.0 Å². The molecular weight excluding hydrogens is 735 g/mol. The summed E-state index contributed by atoms with van der Waals surface area (Å²) in [7, 11) is -5.80. The van der Waals surface area contributed by atoms with E-state index in [0.29, 0.717) is 5.88 Å². The number of ether oxygens (including phenoxy) is 2. The van der Waals surface area contributed by atoms with Gasteiger partial charge in [-0.3, -0.25) is 0 Å². The first-order valence-corrected chi connectivity index (χ1v) is 23.5. The Bertz CT molecular complexity index is 2500. The molecule has 0 radical (unpaired) electrons. The van der Waals surface area contributed by atoms with E-state index in [2.05, 4.69) is 151 Å². The standard InChI is InChI=1S/C45H27N3O2S2Si2/c1-6-16-36-30(11-1)49-31-12-2-7-17-37(31)53(36)38-18-8-3-13-32(38)50-44-42(53)24-29(25-47-44)28-21-22-35-41(23-28)54(43-26-46-27-48-45(43)52-35)39-19-9-4-14-33(39)51-34-15-5-10-20-40(34)54/h1-27H. The average Bonchev–Trinajstić information content (AvgIpc) is 3.23. The topological polar surface area (TPSA) is 57.1 Å². The summed E-state index contributed by atoms with van der Waals surface area (Å²) in [5.74, 6) is 3.30. The van der Waals surface area contributed by atoms with Crippen molar-refractivity contribution in [2.75, 3.05) is 0 Å². The van der Waals surface area contributed by atoms with Crippen LogP contribution in [0.25, 0.3) is 11.1 Å². The molecule has 8 aromatic rings. The van der Waals surface area contributed by atoms with Crippen molar-refractivity contribution in [3.05, 3.63) is 164 Å². The van der Waals surface area contributed by atoms with Crippen LogP contribution in [0.5, 0.6) is 23.1 Å². The molecule has 0 atom stereocenters. The number of hydrogen-bond acceptors (Lipinski definition) is 7. The molecule has 6 aromatic carbocycles. The summed E-state index contributed by atoms with van der Waals surface area (Å²) in [5.41, 5.74) is 2.19. The molecule has 0 saturated carbocycles. The van der Waals surface area contributed by atoms with Gasteiger partial charge in [-0.15, -0.1) is 0 Å². The quantitative estimate of drug-likeness (QED) is 0.163. The van der Waals surface area contributed by atoms with Crippen LogP contribution in [0.1, 0.15) is 0 Å². The predicted octanol–water partition coefficient (Wildman–Crippen LogP) is 5.43. The summed E-state index contributed by atoms with van der Waals surface area (Å²) < 4.78 is 13.3. The number of hydrogen-bond donors (Lipinski definition) is 0. The average molecular weight is 762 g/mol. The summed E-state index contributed by atoms with van der Waals surface area (Å²) in [6.45, 7) is 0. The van der Waals surface area contributed by atoms with Crippen molar-refractivity contribution in [1.82, 2.24) is 15.0 Å². The van der Waals surface area contributed by atoms with E-state index < -0.39 is 16.1 Å². The minimum Gasteiger partial charge on any atom is -0.458 e. The van der Waals surface area contributed by atoms with E-state index in [0.717, 1.165) is 38.6 Å². The first-order valence-electron chi connectivity index (χ1n) is 17.9. The molecule has 2 spiro atoms. The van der Waals surface area contributed by atoms with Crippen LogP contribution in [0.3, 0.4) is 0 Å². The van der Waals surface area contributed by atoms with Gasteiger partial charge in [0.15, 0.2) is 16.1 Å². The summed E-state index contributed by atoms with van der Waals surface area (Å²) in [6, 6.07) is 52.9. The van der Waals surface area contributed by atoms with Crippen molar-refractivity contribution in [3.63, 3.8) is 0 Å². The molecule has 2 aromatic heterocycles. The molecule has 0 bridgehead atoms. The van der Waals surface area contributed by atoms with Crippen molar-refractivity contribution in [2.24, 2.45) is 0 Å². The molecule has 0 fully saturated rings. The Morgan fingerprint density at radius 3 is 1.61 bits per heavy atom. The zero-order chi connectivity index (χ0) is 35.4. The second kappa shape index (κ2) is 11.4. The van der Waals surface area contributed by atoms with Crippen LogP contribution in [-0.4, -0.2) is 31.1 Å². The predicted molar refractivity (Wildman–Crippen MR) is 221 cm³/mol. The van der Waals surface area contributed by atoms with Crippen LogP contribution in [-0.2, 0) is 0 Å². The van der Waals surface area contributed by atoms with Crippen LogP contribution in [0.15, 0.2) is 184 Å². The van der Waals surface area contributed by atoms with E-state index in [1.54, 1.807) is 18.1 Å². The highest BCUT2D eigenvalue weighted by Crippen LogP contribution is 2.40. The number of fused-ring (bicyclic) bond motifs is 16. The molecule has 5 nitrogen and oxygen atoms in total. The number of para-hydroxylation sites is 3. The van der Waals surface area contributed by atoms with Gasteiger partial charge >= 0.3 is 0 Å². The molecule has 54 heavy (non-hydrogen) atoms. The normalized spacial score (nSPS) is 15.5. The van der Waals surface area contributed by atoms with E-state index in [-0.39, 0.29) is 0 Å². The maximum atomic E-state index is 6.69. The molecule has 0 aliphatic carbocycles. The van der Waals surface area contributed by atoms with Crippen LogP contribution < -0.4 is 51.0 Å². The monoisotopic (exact) mass is 761 g/mol. The number of benzene rings is 6. The minimum absolute atomic E-state index is 0.660. The van der Waals surface area contributed by atoms with E-state index in [4.69, 9.17) is 19.4 Å². The van der Waals surface area contributed by atoms with Gasteiger partial charge in [-0.05, 0) is 79.1 Å². The number of rotatable bonds is 1. The lowest BCUT2D eigenvalue weighted by molar-refractivity contribution is 0.466. The highest BCUT2D eigenvalue weighted by atomic mass is 32.2. The van der Waals surface area contributed by atoms with Gasteiger partial charge < -0.3 is 9.47 Å². The van der Waals surface area contributed by atoms with Crippen molar-refractivity contribution in [2.45, 2.75) is 19.7 Å². The maximum Gasteiger partial charge on any atom is 0.219 e. The first-order chi connectivity index (χ1) is 26.7. The zero-order valence-corrected chi connectivity index (χ0v) is 32.2. The Hall–Kier alpha value is -5.72. The van der Waals surface area contributed by atoms with Crippen molar-refractivity contribution < 1.29 is 9.47 Å². The van der Waals surface area contributed by atoms with Crippen LogP contribution in [0.2, 0.25) is 0 Å². The first kappa shape index (κ1) is 30.7. The van der Waals surface area contributed by atoms with Gasteiger partial charge in [0.1, 0.15) is 28.6 Å². The fourth-order valence-electron chi connectivity index (χ4n) is 9.22. The Kier molecular flexibility index (Phi) is 6.48. The van der Waals surface area contributed by atoms with Gasteiger partial charge in [-0.1, -0.05) is 127 Å². The number of nitrogens with zero attached hydrogens (tertiary/aromatic N) is 3. The highest BCUT2D eigenvalue weighted by molar-refractivity contribution is 8.01. The third-order valence-electron chi connectivity index (χ3n) is 11.4. The lowest BCUT2D eigenvalue weighted by atomic mass is 10.1. The molecule has 4 aliphatic rings. The van der Waals surface area contributed by atoms with Crippen LogP contribution in [0.4, 0.5) is 0 Å². The third kappa shape index (κ3) is 3.99.